The van der Waals surface area contributed by atoms with Crippen molar-refractivity contribution in [2.45, 2.75) is 25.8 Å². The first kappa shape index (κ1) is 14.8. The van der Waals surface area contributed by atoms with Gasteiger partial charge in [-0.3, -0.25) is 0 Å². The summed E-state index contributed by atoms with van der Waals surface area (Å²) in [6.07, 6.45) is 2.48. The summed E-state index contributed by atoms with van der Waals surface area (Å²) in [7, 11) is 0. The zero-order valence-electron chi connectivity index (χ0n) is 11.2. The molecule has 5 heteroatoms. The smallest absolute Gasteiger partial charge is 0.104 e. The van der Waals surface area contributed by atoms with Gasteiger partial charge in [-0.25, -0.2) is 0 Å². The summed E-state index contributed by atoms with van der Waals surface area (Å²) in [4.78, 5) is 2.92. The minimum absolute atomic E-state index is 0.432. The van der Waals surface area contributed by atoms with Crippen LogP contribution in [-0.2, 0) is 0 Å². The molecule has 1 aliphatic heterocycles. The molecule has 0 saturated carbocycles. The second-order valence-corrected chi connectivity index (χ2v) is 6.23. The van der Waals surface area contributed by atoms with Crippen LogP contribution in [0.3, 0.4) is 0 Å². The molecule has 0 aliphatic carbocycles. The lowest BCUT2D eigenvalue weighted by atomic mass is 10.1. The number of rotatable bonds is 4. The Hall–Kier alpha value is -0.650. The van der Waals surface area contributed by atoms with E-state index >= 15 is 0 Å². The van der Waals surface area contributed by atoms with Crippen molar-refractivity contribution in [1.29, 1.82) is 0 Å². The van der Waals surface area contributed by atoms with Gasteiger partial charge in [-0.1, -0.05) is 19.1 Å². The summed E-state index contributed by atoms with van der Waals surface area (Å²) in [6.45, 7) is 5.67. The Balaban J connectivity index is 2.04. The van der Waals surface area contributed by atoms with Crippen LogP contribution in [-0.4, -0.2) is 35.6 Å². The van der Waals surface area contributed by atoms with E-state index in [1.165, 1.54) is 19.4 Å². The van der Waals surface area contributed by atoms with E-state index in [2.05, 4.69) is 33.1 Å². The zero-order valence-corrected chi connectivity index (χ0v) is 13.6. The number of thiocarbonyl (C=S) groups is 1. The Labute approximate surface area is 128 Å². The van der Waals surface area contributed by atoms with Crippen LogP contribution in [0.4, 0.5) is 5.69 Å². The molecule has 0 aromatic heterocycles. The number of piperidine rings is 1. The maximum Gasteiger partial charge on any atom is 0.104 e. The number of likely N-dealkylation sites (tertiary alicyclic amines) is 1. The number of halogens is 1. The van der Waals surface area contributed by atoms with Crippen LogP contribution in [0.2, 0.25) is 0 Å². The Kier molecular flexibility index (Phi) is 5.19. The predicted octanol–water partition coefficient (Wildman–Crippen LogP) is 2.98. The number of nitrogens with two attached hydrogens (primary N) is 1. The summed E-state index contributed by atoms with van der Waals surface area (Å²) < 4.78 is 1.02. The van der Waals surface area contributed by atoms with Crippen molar-refractivity contribution >= 4 is 38.8 Å². The molecule has 0 bridgehead atoms. The molecular weight excluding hydrogens is 322 g/mol. The van der Waals surface area contributed by atoms with Gasteiger partial charge in [0.05, 0.1) is 0 Å². The number of benzene rings is 1. The molecule has 0 spiro atoms. The SMILES string of the molecule is CCN1CCCC(Nc2ccc(C(N)=S)cc2Br)C1. The highest BCUT2D eigenvalue weighted by Crippen LogP contribution is 2.26. The highest BCUT2D eigenvalue weighted by molar-refractivity contribution is 9.10. The van der Waals surface area contributed by atoms with Gasteiger partial charge in [-0.2, -0.15) is 0 Å². The molecule has 19 heavy (non-hydrogen) atoms. The minimum Gasteiger partial charge on any atom is -0.389 e. The van der Waals surface area contributed by atoms with Crippen LogP contribution in [0.5, 0.6) is 0 Å². The number of hydrogen-bond donors (Lipinski definition) is 2. The van der Waals surface area contributed by atoms with Gasteiger partial charge in [0.15, 0.2) is 0 Å². The van der Waals surface area contributed by atoms with Crippen LogP contribution in [0.25, 0.3) is 0 Å². The van der Waals surface area contributed by atoms with Gasteiger partial charge in [-0.15, -0.1) is 0 Å². The Morgan fingerprint density at radius 1 is 1.58 bits per heavy atom. The van der Waals surface area contributed by atoms with E-state index in [4.69, 9.17) is 18.0 Å². The van der Waals surface area contributed by atoms with Gasteiger partial charge in [0.1, 0.15) is 4.99 Å². The number of nitrogens with one attached hydrogen (secondary N) is 1. The van der Waals surface area contributed by atoms with Crippen LogP contribution in [0.1, 0.15) is 25.3 Å². The summed E-state index contributed by atoms with van der Waals surface area (Å²) in [5, 5.41) is 3.61. The molecule has 104 valence electrons. The number of likely N-dealkylation sites (N-methyl/N-ethyl adjacent to an activating group) is 1. The maximum atomic E-state index is 5.64. The zero-order chi connectivity index (χ0) is 13.8. The summed E-state index contributed by atoms with van der Waals surface area (Å²) >= 11 is 8.57. The topological polar surface area (TPSA) is 41.3 Å². The van der Waals surface area contributed by atoms with Crippen molar-refractivity contribution in [3.63, 3.8) is 0 Å². The Bertz CT molecular complexity index is 464. The second-order valence-electron chi connectivity index (χ2n) is 4.94. The lowest BCUT2D eigenvalue weighted by Gasteiger charge is -2.33. The first-order valence-corrected chi connectivity index (χ1v) is 7.88. The van der Waals surface area contributed by atoms with Crippen molar-refractivity contribution in [3.05, 3.63) is 28.2 Å². The van der Waals surface area contributed by atoms with Crippen LogP contribution >= 0.6 is 28.1 Å². The molecule has 2 rings (SSSR count). The third kappa shape index (κ3) is 3.91. The Morgan fingerprint density at radius 2 is 2.37 bits per heavy atom. The maximum absolute atomic E-state index is 5.64. The Morgan fingerprint density at radius 3 is 3.00 bits per heavy atom. The fourth-order valence-electron chi connectivity index (χ4n) is 2.47. The lowest BCUT2D eigenvalue weighted by Crippen LogP contribution is -2.41. The highest BCUT2D eigenvalue weighted by Gasteiger charge is 2.19. The summed E-state index contributed by atoms with van der Waals surface area (Å²) in [6, 6.07) is 6.50. The first-order valence-electron chi connectivity index (χ1n) is 6.68. The minimum atomic E-state index is 0.432. The lowest BCUT2D eigenvalue weighted by molar-refractivity contribution is 0.227. The highest BCUT2D eigenvalue weighted by atomic mass is 79.9. The molecule has 0 radical (unpaired) electrons. The molecule has 1 heterocycles. The predicted molar refractivity (Wildman–Crippen MR) is 88.8 cm³/mol. The average molecular weight is 342 g/mol. The molecule has 1 aromatic rings. The molecule has 1 aromatic carbocycles. The van der Waals surface area contributed by atoms with E-state index in [1.54, 1.807) is 0 Å². The number of anilines is 1. The van der Waals surface area contributed by atoms with Crippen LogP contribution in [0, 0.1) is 0 Å². The quantitative estimate of drug-likeness (QED) is 0.826. The van der Waals surface area contributed by atoms with Gasteiger partial charge in [0.2, 0.25) is 0 Å². The monoisotopic (exact) mass is 341 g/mol. The van der Waals surface area contributed by atoms with Crippen molar-refractivity contribution in [1.82, 2.24) is 4.90 Å². The molecule has 3 N–H and O–H groups in total. The first-order chi connectivity index (χ1) is 9.10. The van der Waals surface area contributed by atoms with E-state index in [0.717, 1.165) is 28.8 Å². The van der Waals surface area contributed by atoms with Crippen molar-refractivity contribution < 1.29 is 0 Å². The third-order valence-electron chi connectivity index (χ3n) is 3.57. The van der Waals surface area contributed by atoms with Gasteiger partial charge in [0, 0.05) is 28.3 Å². The van der Waals surface area contributed by atoms with E-state index in [0.29, 0.717) is 11.0 Å². The normalized spacial score (nSPS) is 20.2. The fraction of sp³-hybridized carbons (Fsp3) is 0.500. The van der Waals surface area contributed by atoms with Gasteiger partial charge in [0.25, 0.3) is 0 Å². The largest absolute Gasteiger partial charge is 0.389 e. The van der Waals surface area contributed by atoms with Gasteiger partial charge >= 0.3 is 0 Å². The van der Waals surface area contributed by atoms with Crippen molar-refractivity contribution in [2.24, 2.45) is 5.73 Å². The number of hydrogen-bond acceptors (Lipinski definition) is 3. The summed E-state index contributed by atoms with van der Waals surface area (Å²) in [5.41, 5.74) is 7.65. The second kappa shape index (κ2) is 6.68. The van der Waals surface area contributed by atoms with Crippen molar-refractivity contribution in [3.8, 4) is 0 Å². The summed E-state index contributed by atoms with van der Waals surface area (Å²) in [5.74, 6) is 0. The molecule has 1 unspecified atom stereocenters. The molecule has 1 atom stereocenters. The third-order valence-corrected chi connectivity index (χ3v) is 4.46. The van der Waals surface area contributed by atoms with E-state index in [1.807, 2.05) is 18.2 Å². The van der Waals surface area contributed by atoms with Crippen molar-refractivity contribution in [2.75, 3.05) is 25.0 Å². The molecule has 0 amide bonds. The molecule has 1 aliphatic rings. The standard InChI is InChI=1S/C14H20BrN3S/c1-2-18-7-3-4-11(9-18)17-13-6-5-10(14(16)19)8-12(13)15/h5-6,8,11,17H,2-4,7,9H2,1H3,(H2,16,19). The van der Waals surface area contributed by atoms with Crippen LogP contribution in [0.15, 0.2) is 22.7 Å². The van der Waals surface area contributed by atoms with E-state index in [-0.39, 0.29) is 0 Å². The molecule has 1 fully saturated rings. The average Bonchev–Trinajstić information content (AvgIpc) is 2.41. The molecule has 3 nitrogen and oxygen atoms in total. The molecular formula is C14H20BrN3S. The fourth-order valence-corrected chi connectivity index (χ4v) is 3.09. The van der Waals surface area contributed by atoms with E-state index < -0.39 is 0 Å². The van der Waals surface area contributed by atoms with Gasteiger partial charge < -0.3 is 16.0 Å². The van der Waals surface area contributed by atoms with Crippen LogP contribution < -0.4 is 11.1 Å². The van der Waals surface area contributed by atoms with E-state index in [9.17, 15) is 0 Å². The number of nitrogens with zero attached hydrogens (tertiary/aromatic N) is 1. The van der Waals surface area contributed by atoms with Gasteiger partial charge in [-0.05, 0) is 60.1 Å². The molecule has 1 saturated heterocycles.